The summed E-state index contributed by atoms with van der Waals surface area (Å²) in [6.45, 7) is 2.86. The van der Waals surface area contributed by atoms with Crippen molar-refractivity contribution in [2.45, 2.75) is 0 Å². The maximum Gasteiger partial charge on any atom is 0.254 e. The Labute approximate surface area is 164 Å². The Kier molecular flexibility index (Phi) is 5.30. The lowest BCUT2D eigenvalue weighted by molar-refractivity contribution is 0.0746. The van der Waals surface area contributed by atoms with Gasteiger partial charge in [0.05, 0.1) is 0 Å². The van der Waals surface area contributed by atoms with E-state index in [4.69, 9.17) is 0 Å². The number of aromatic nitrogens is 2. The summed E-state index contributed by atoms with van der Waals surface area (Å²) in [5.41, 5.74) is 2.48. The van der Waals surface area contributed by atoms with E-state index >= 15 is 0 Å². The van der Waals surface area contributed by atoms with E-state index in [0.717, 1.165) is 30.0 Å². The molecule has 138 valence electrons. The number of nitrogens with zero attached hydrogens (tertiary/aromatic N) is 4. The average molecular weight is 368 g/mol. The van der Waals surface area contributed by atoms with Gasteiger partial charge in [-0.05, 0) is 36.4 Å². The first-order valence-electron chi connectivity index (χ1n) is 9.27. The molecule has 1 amide bonds. The largest absolute Gasteiger partial charge is 0.353 e. The van der Waals surface area contributed by atoms with E-state index < -0.39 is 0 Å². The van der Waals surface area contributed by atoms with Gasteiger partial charge < -0.3 is 9.80 Å². The zero-order chi connectivity index (χ0) is 19.2. The fraction of sp³-hybridized carbons (Fsp3) is 0.174. The molecule has 28 heavy (non-hydrogen) atoms. The van der Waals surface area contributed by atoms with Crippen LogP contribution < -0.4 is 4.90 Å². The van der Waals surface area contributed by atoms with Crippen molar-refractivity contribution in [3.8, 4) is 11.8 Å². The first-order valence-corrected chi connectivity index (χ1v) is 9.27. The van der Waals surface area contributed by atoms with Gasteiger partial charge in [-0.25, -0.2) is 9.97 Å². The van der Waals surface area contributed by atoms with Crippen LogP contribution in [0.15, 0.2) is 73.2 Å². The third kappa shape index (κ3) is 4.18. The molecule has 3 aromatic rings. The lowest BCUT2D eigenvalue weighted by atomic mass is 10.1. The molecule has 4 rings (SSSR count). The van der Waals surface area contributed by atoms with Crippen LogP contribution in [-0.4, -0.2) is 47.0 Å². The van der Waals surface area contributed by atoms with E-state index in [1.165, 1.54) is 0 Å². The smallest absolute Gasteiger partial charge is 0.254 e. The Bertz CT molecular complexity index is 1000. The van der Waals surface area contributed by atoms with Gasteiger partial charge in [0, 0.05) is 49.1 Å². The zero-order valence-corrected chi connectivity index (χ0v) is 15.5. The Balaban J connectivity index is 1.42. The number of hydrogen-bond donors (Lipinski definition) is 0. The Morgan fingerprint density at radius 2 is 1.61 bits per heavy atom. The molecule has 1 aliphatic heterocycles. The topological polar surface area (TPSA) is 49.3 Å². The van der Waals surface area contributed by atoms with Crippen LogP contribution in [0.3, 0.4) is 0 Å². The van der Waals surface area contributed by atoms with Gasteiger partial charge in [-0.1, -0.05) is 36.1 Å². The second-order valence-corrected chi connectivity index (χ2v) is 6.54. The van der Waals surface area contributed by atoms with Crippen LogP contribution in [0.2, 0.25) is 0 Å². The van der Waals surface area contributed by atoms with E-state index in [2.05, 4.69) is 26.7 Å². The highest BCUT2D eigenvalue weighted by molar-refractivity contribution is 5.94. The lowest BCUT2D eigenvalue weighted by Crippen LogP contribution is -2.49. The minimum Gasteiger partial charge on any atom is -0.353 e. The number of rotatable bonds is 2. The predicted octanol–water partition coefficient (Wildman–Crippen LogP) is 2.84. The number of hydrogen-bond acceptors (Lipinski definition) is 4. The van der Waals surface area contributed by atoms with Crippen molar-refractivity contribution in [1.82, 2.24) is 14.9 Å². The van der Waals surface area contributed by atoms with Crippen LogP contribution in [0.25, 0.3) is 0 Å². The summed E-state index contributed by atoms with van der Waals surface area (Å²) in [6.07, 6.45) is 3.29. The number of carbonyl (C=O) groups is 1. The third-order valence-electron chi connectivity index (χ3n) is 4.69. The first-order chi connectivity index (χ1) is 13.8. The fourth-order valence-corrected chi connectivity index (χ4v) is 3.19. The van der Waals surface area contributed by atoms with Crippen molar-refractivity contribution in [3.63, 3.8) is 0 Å². The molecule has 0 atom stereocenters. The standard InChI is InChI=1S/C23H20N4O/c28-23(27-15-13-26(14-16-27)22-11-12-24-18-25-22)21-8-4-7-20(17-21)10-9-19-5-2-1-3-6-19/h1-8,11-12,17-18H,13-16H2. The van der Waals surface area contributed by atoms with Crippen LogP contribution in [0.4, 0.5) is 5.82 Å². The highest BCUT2D eigenvalue weighted by Gasteiger charge is 2.22. The zero-order valence-electron chi connectivity index (χ0n) is 15.5. The van der Waals surface area contributed by atoms with Crippen molar-refractivity contribution in [2.24, 2.45) is 0 Å². The molecule has 1 saturated heterocycles. The highest BCUT2D eigenvalue weighted by atomic mass is 16.2. The maximum atomic E-state index is 12.9. The number of amides is 1. The molecule has 0 aliphatic carbocycles. The van der Waals surface area contributed by atoms with Gasteiger partial charge in [0.15, 0.2) is 0 Å². The quantitative estimate of drug-likeness (QED) is 0.653. The molecule has 0 radical (unpaired) electrons. The normalized spacial score (nSPS) is 13.6. The van der Waals surface area contributed by atoms with Crippen molar-refractivity contribution >= 4 is 11.7 Å². The first kappa shape index (κ1) is 17.7. The number of anilines is 1. The molecule has 5 nitrogen and oxygen atoms in total. The molecular weight excluding hydrogens is 348 g/mol. The van der Waals surface area contributed by atoms with Gasteiger partial charge in [0.1, 0.15) is 12.1 Å². The second kappa shape index (κ2) is 8.36. The van der Waals surface area contributed by atoms with E-state index in [9.17, 15) is 4.79 Å². The minimum absolute atomic E-state index is 0.0469. The molecule has 1 aromatic heterocycles. The Hall–Kier alpha value is -3.65. The Morgan fingerprint density at radius 3 is 2.36 bits per heavy atom. The van der Waals surface area contributed by atoms with Crippen LogP contribution in [0.5, 0.6) is 0 Å². The minimum atomic E-state index is 0.0469. The molecule has 2 aromatic carbocycles. The van der Waals surface area contributed by atoms with E-state index in [-0.39, 0.29) is 5.91 Å². The molecule has 0 N–H and O–H groups in total. The van der Waals surface area contributed by atoms with Gasteiger partial charge >= 0.3 is 0 Å². The van der Waals surface area contributed by atoms with E-state index in [0.29, 0.717) is 18.7 Å². The molecule has 0 spiro atoms. The maximum absolute atomic E-state index is 12.9. The molecule has 5 heteroatoms. The van der Waals surface area contributed by atoms with Crippen LogP contribution in [-0.2, 0) is 0 Å². The predicted molar refractivity (Wildman–Crippen MR) is 109 cm³/mol. The average Bonchev–Trinajstić information content (AvgIpc) is 2.79. The van der Waals surface area contributed by atoms with E-state index in [1.54, 1.807) is 12.5 Å². The third-order valence-corrected chi connectivity index (χ3v) is 4.69. The fourth-order valence-electron chi connectivity index (χ4n) is 3.19. The number of benzene rings is 2. The summed E-state index contributed by atoms with van der Waals surface area (Å²) in [7, 11) is 0. The van der Waals surface area contributed by atoms with Gasteiger partial charge in [0.25, 0.3) is 5.91 Å². The molecule has 0 unspecified atom stereocenters. The van der Waals surface area contributed by atoms with Crippen LogP contribution in [0, 0.1) is 11.8 Å². The lowest BCUT2D eigenvalue weighted by Gasteiger charge is -2.35. The van der Waals surface area contributed by atoms with E-state index in [1.807, 2.05) is 65.6 Å². The molecular formula is C23H20N4O. The van der Waals surface area contributed by atoms with Crippen molar-refractivity contribution in [3.05, 3.63) is 89.9 Å². The van der Waals surface area contributed by atoms with Crippen molar-refractivity contribution in [1.29, 1.82) is 0 Å². The van der Waals surface area contributed by atoms with Gasteiger partial charge in [0.2, 0.25) is 0 Å². The Morgan fingerprint density at radius 1 is 0.857 bits per heavy atom. The molecule has 1 fully saturated rings. The number of carbonyl (C=O) groups excluding carboxylic acids is 1. The molecule has 0 saturated carbocycles. The molecule has 0 bridgehead atoms. The van der Waals surface area contributed by atoms with Gasteiger partial charge in [-0.2, -0.15) is 0 Å². The van der Waals surface area contributed by atoms with Gasteiger partial charge in [-0.15, -0.1) is 0 Å². The second-order valence-electron chi connectivity index (χ2n) is 6.54. The van der Waals surface area contributed by atoms with Crippen molar-refractivity contribution < 1.29 is 4.79 Å². The molecule has 1 aliphatic rings. The molecule has 2 heterocycles. The summed E-state index contributed by atoms with van der Waals surface area (Å²) < 4.78 is 0. The van der Waals surface area contributed by atoms with Crippen molar-refractivity contribution in [2.75, 3.05) is 31.1 Å². The summed E-state index contributed by atoms with van der Waals surface area (Å²) >= 11 is 0. The van der Waals surface area contributed by atoms with Crippen LogP contribution in [0.1, 0.15) is 21.5 Å². The summed E-state index contributed by atoms with van der Waals surface area (Å²) in [5.74, 6) is 7.23. The summed E-state index contributed by atoms with van der Waals surface area (Å²) in [6, 6.07) is 19.3. The SMILES string of the molecule is O=C(c1cccc(C#Cc2ccccc2)c1)N1CCN(c2ccncn2)CC1. The number of piperazine rings is 1. The van der Waals surface area contributed by atoms with Crippen LogP contribution >= 0.6 is 0 Å². The summed E-state index contributed by atoms with van der Waals surface area (Å²) in [4.78, 5) is 25.2. The highest BCUT2D eigenvalue weighted by Crippen LogP contribution is 2.15. The monoisotopic (exact) mass is 368 g/mol. The van der Waals surface area contributed by atoms with Gasteiger partial charge in [-0.3, -0.25) is 4.79 Å². The summed E-state index contributed by atoms with van der Waals surface area (Å²) in [5, 5.41) is 0.